The van der Waals surface area contributed by atoms with Gasteiger partial charge in [0.25, 0.3) is 11.8 Å². The Labute approximate surface area is 136 Å². The lowest BCUT2D eigenvalue weighted by Gasteiger charge is -2.17. The van der Waals surface area contributed by atoms with Gasteiger partial charge in [-0.05, 0) is 12.1 Å². The standard InChI is InChI=1S/C13H14N2O5S2/c1-18-8-4-7(5-9(19-2)11(8)20-3)12(17)14-15-10(16)6-22-13(15)21/h4-5H,6H2,1-3H3,(H,14,17). The first-order valence-electron chi connectivity index (χ1n) is 6.12. The second-order valence-corrected chi connectivity index (χ2v) is 5.75. The third-order valence-electron chi connectivity index (χ3n) is 2.89. The minimum Gasteiger partial charge on any atom is -0.493 e. The molecule has 1 aromatic carbocycles. The number of carbonyl (C=O) groups excluding carboxylic acids is 2. The molecule has 0 spiro atoms. The first kappa shape index (κ1) is 16.4. The number of rotatable bonds is 5. The molecule has 1 aliphatic rings. The van der Waals surface area contributed by atoms with E-state index in [4.69, 9.17) is 26.4 Å². The fourth-order valence-corrected chi connectivity index (χ4v) is 2.82. The molecular weight excluding hydrogens is 328 g/mol. The van der Waals surface area contributed by atoms with E-state index in [1.807, 2.05) is 0 Å². The summed E-state index contributed by atoms with van der Waals surface area (Å²) in [5.41, 5.74) is 2.72. The van der Waals surface area contributed by atoms with E-state index in [1.54, 1.807) is 0 Å². The van der Waals surface area contributed by atoms with Gasteiger partial charge in [0.1, 0.15) is 0 Å². The maximum Gasteiger partial charge on any atom is 0.270 e. The molecule has 1 saturated heterocycles. The summed E-state index contributed by atoms with van der Waals surface area (Å²) >= 11 is 6.20. The summed E-state index contributed by atoms with van der Waals surface area (Å²) in [6, 6.07) is 2.99. The Morgan fingerprint density at radius 1 is 1.23 bits per heavy atom. The van der Waals surface area contributed by atoms with Gasteiger partial charge in [-0.15, -0.1) is 0 Å². The van der Waals surface area contributed by atoms with Crippen molar-refractivity contribution in [2.75, 3.05) is 27.1 Å². The van der Waals surface area contributed by atoms with Crippen molar-refractivity contribution in [3.63, 3.8) is 0 Å². The van der Waals surface area contributed by atoms with Gasteiger partial charge in [0.2, 0.25) is 5.75 Å². The van der Waals surface area contributed by atoms with Crippen molar-refractivity contribution in [2.24, 2.45) is 0 Å². The first-order valence-corrected chi connectivity index (χ1v) is 7.52. The molecule has 2 amide bonds. The number of carbonyl (C=O) groups is 2. The van der Waals surface area contributed by atoms with Crippen LogP contribution in [0.5, 0.6) is 17.2 Å². The largest absolute Gasteiger partial charge is 0.493 e. The number of benzene rings is 1. The smallest absolute Gasteiger partial charge is 0.270 e. The second kappa shape index (κ2) is 6.84. The van der Waals surface area contributed by atoms with Crippen LogP contribution in [0.25, 0.3) is 0 Å². The lowest BCUT2D eigenvalue weighted by molar-refractivity contribution is -0.125. The average Bonchev–Trinajstić information content (AvgIpc) is 2.85. The number of hydrogen-bond acceptors (Lipinski definition) is 7. The molecule has 9 heteroatoms. The lowest BCUT2D eigenvalue weighted by Crippen LogP contribution is -2.45. The van der Waals surface area contributed by atoms with Crippen molar-refractivity contribution in [1.82, 2.24) is 10.4 Å². The highest BCUT2D eigenvalue weighted by Gasteiger charge is 2.29. The fourth-order valence-electron chi connectivity index (χ4n) is 1.84. The zero-order valence-electron chi connectivity index (χ0n) is 12.2. The zero-order chi connectivity index (χ0) is 16.3. The van der Waals surface area contributed by atoms with E-state index in [2.05, 4.69) is 5.43 Å². The average molecular weight is 342 g/mol. The number of methoxy groups -OCH3 is 3. The van der Waals surface area contributed by atoms with Crippen molar-refractivity contribution >= 4 is 40.1 Å². The van der Waals surface area contributed by atoms with E-state index < -0.39 is 5.91 Å². The Morgan fingerprint density at radius 3 is 2.23 bits per heavy atom. The fraction of sp³-hybridized carbons (Fsp3) is 0.308. The molecule has 1 heterocycles. The highest BCUT2D eigenvalue weighted by Crippen LogP contribution is 2.38. The number of nitrogens with one attached hydrogen (secondary N) is 1. The van der Waals surface area contributed by atoms with Crippen molar-refractivity contribution in [2.45, 2.75) is 0 Å². The van der Waals surface area contributed by atoms with Crippen LogP contribution in [-0.2, 0) is 4.79 Å². The van der Waals surface area contributed by atoms with Crippen molar-refractivity contribution in [1.29, 1.82) is 0 Å². The van der Waals surface area contributed by atoms with Crippen LogP contribution in [-0.4, -0.2) is 48.2 Å². The zero-order valence-corrected chi connectivity index (χ0v) is 13.8. The molecule has 0 atom stereocenters. The summed E-state index contributed by atoms with van der Waals surface area (Å²) < 4.78 is 15.9. The number of hydrazine groups is 1. The molecule has 0 radical (unpaired) electrons. The van der Waals surface area contributed by atoms with Crippen LogP contribution in [0, 0.1) is 0 Å². The van der Waals surface area contributed by atoms with Gasteiger partial charge in [0, 0.05) is 5.56 Å². The van der Waals surface area contributed by atoms with E-state index in [0.29, 0.717) is 21.6 Å². The van der Waals surface area contributed by atoms with Crippen molar-refractivity contribution < 1.29 is 23.8 Å². The molecule has 118 valence electrons. The number of thioether (sulfide) groups is 1. The number of hydrogen-bond donors (Lipinski definition) is 1. The normalized spacial score (nSPS) is 14.0. The van der Waals surface area contributed by atoms with E-state index in [1.165, 1.54) is 45.2 Å². The molecule has 2 rings (SSSR count). The van der Waals surface area contributed by atoms with Gasteiger partial charge in [0.15, 0.2) is 15.8 Å². The van der Waals surface area contributed by atoms with Crippen LogP contribution in [0.3, 0.4) is 0 Å². The summed E-state index contributed by atoms with van der Waals surface area (Å²) in [4.78, 5) is 23.9. The maximum absolute atomic E-state index is 12.3. The molecular formula is C13H14N2O5S2. The molecule has 1 N–H and O–H groups in total. The number of thiocarbonyl (C=S) groups is 1. The molecule has 0 bridgehead atoms. The molecule has 7 nitrogen and oxygen atoms in total. The van der Waals surface area contributed by atoms with Crippen LogP contribution in [0.2, 0.25) is 0 Å². The van der Waals surface area contributed by atoms with Crippen LogP contribution < -0.4 is 19.6 Å². The molecule has 22 heavy (non-hydrogen) atoms. The van der Waals surface area contributed by atoms with Gasteiger partial charge in [0.05, 0.1) is 27.1 Å². The van der Waals surface area contributed by atoms with Crippen LogP contribution >= 0.6 is 24.0 Å². The molecule has 0 saturated carbocycles. The Bertz CT molecular complexity index is 594. The molecule has 0 unspecified atom stereocenters. The predicted molar refractivity (Wildman–Crippen MR) is 85.5 cm³/mol. The van der Waals surface area contributed by atoms with Gasteiger partial charge in [-0.2, -0.15) is 0 Å². The molecule has 1 fully saturated rings. The van der Waals surface area contributed by atoms with E-state index >= 15 is 0 Å². The van der Waals surface area contributed by atoms with E-state index in [-0.39, 0.29) is 17.2 Å². The summed E-state index contributed by atoms with van der Waals surface area (Å²) in [7, 11) is 4.38. The third-order valence-corrected chi connectivity index (χ3v) is 4.25. The monoisotopic (exact) mass is 342 g/mol. The first-order chi connectivity index (χ1) is 10.5. The van der Waals surface area contributed by atoms with Gasteiger partial charge in [-0.1, -0.05) is 24.0 Å². The van der Waals surface area contributed by atoms with Crippen LogP contribution in [0.1, 0.15) is 10.4 Å². The predicted octanol–water partition coefficient (Wildman–Crippen LogP) is 1.22. The molecule has 1 aliphatic heterocycles. The van der Waals surface area contributed by atoms with Gasteiger partial charge >= 0.3 is 0 Å². The Kier molecular flexibility index (Phi) is 5.09. The van der Waals surface area contributed by atoms with Crippen molar-refractivity contribution in [3.8, 4) is 17.2 Å². The summed E-state index contributed by atoms with van der Waals surface area (Å²) in [5, 5.41) is 1.06. The highest BCUT2D eigenvalue weighted by atomic mass is 32.2. The Hall–Kier alpha value is -2.00. The summed E-state index contributed by atoms with van der Waals surface area (Å²) in [6.07, 6.45) is 0. The topological polar surface area (TPSA) is 77.1 Å². The molecule has 0 aliphatic carbocycles. The minimum atomic E-state index is -0.502. The van der Waals surface area contributed by atoms with E-state index in [0.717, 1.165) is 5.01 Å². The second-order valence-electron chi connectivity index (χ2n) is 4.14. The molecule has 1 aromatic rings. The highest BCUT2D eigenvalue weighted by molar-refractivity contribution is 8.23. The number of amides is 2. The minimum absolute atomic E-state index is 0.217. The summed E-state index contributed by atoms with van der Waals surface area (Å²) in [5.74, 6) is 0.514. The van der Waals surface area contributed by atoms with Crippen LogP contribution in [0.4, 0.5) is 0 Å². The lowest BCUT2D eigenvalue weighted by atomic mass is 10.1. The van der Waals surface area contributed by atoms with Gasteiger partial charge in [-0.25, -0.2) is 5.01 Å². The van der Waals surface area contributed by atoms with Crippen molar-refractivity contribution in [3.05, 3.63) is 17.7 Å². The Morgan fingerprint density at radius 2 is 1.82 bits per heavy atom. The van der Waals surface area contributed by atoms with Crippen LogP contribution in [0.15, 0.2) is 12.1 Å². The van der Waals surface area contributed by atoms with Gasteiger partial charge < -0.3 is 14.2 Å². The summed E-state index contributed by atoms with van der Waals surface area (Å²) in [6.45, 7) is 0. The quantitative estimate of drug-likeness (QED) is 0.806. The van der Waals surface area contributed by atoms with E-state index in [9.17, 15) is 9.59 Å². The third kappa shape index (κ3) is 3.09. The maximum atomic E-state index is 12.3. The van der Waals surface area contributed by atoms with Gasteiger partial charge in [-0.3, -0.25) is 15.0 Å². The SMILES string of the molecule is COc1cc(C(=O)NN2C(=O)CSC2=S)cc(OC)c1OC. The number of nitrogens with zero attached hydrogens (tertiary/aromatic N) is 1. The molecule has 0 aromatic heterocycles. The Balaban J connectivity index is 2.29. The number of ether oxygens (including phenoxy) is 3.